The Morgan fingerprint density at radius 2 is 2.05 bits per heavy atom. The maximum Gasteiger partial charge on any atom is 0.573 e. The largest absolute Gasteiger partial charge is 0.573 e. The summed E-state index contributed by atoms with van der Waals surface area (Å²) in [6.07, 6.45) is -5.08. The fourth-order valence-electron chi connectivity index (χ4n) is 1.62. The van der Waals surface area contributed by atoms with Gasteiger partial charge in [0.2, 0.25) is 0 Å². The van der Waals surface area contributed by atoms with Crippen molar-refractivity contribution in [1.82, 2.24) is 0 Å². The Morgan fingerprint density at radius 3 is 2.57 bits per heavy atom. The molecule has 2 aromatic rings. The lowest BCUT2D eigenvalue weighted by Gasteiger charge is -2.17. The van der Waals surface area contributed by atoms with Crippen molar-refractivity contribution in [1.29, 1.82) is 0 Å². The highest BCUT2D eigenvalue weighted by Gasteiger charge is 2.32. The van der Waals surface area contributed by atoms with Crippen molar-refractivity contribution in [2.45, 2.75) is 12.5 Å². The van der Waals surface area contributed by atoms with Crippen molar-refractivity contribution >= 4 is 27.3 Å². The lowest BCUT2D eigenvalue weighted by molar-refractivity contribution is -0.274. The second kappa shape index (κ2) is 6.67. The number of rotatable bonds is 5. The van der Waals surface area contributed by atoms with E-state index in [0.717, 1.165) is 4.88 Å². The molecule has 3 nitrogen and oxygen atoms in total. The van der Waals surface area contributed by atoms with E-state index in [1.165, 1.54) is 29.5 Å². The number of hydrogen-bond donors (Lipinski definition) is 1. The third-order valence-electron chi connectivity index (χ3n) is 2.48. The molecule has 2 rings (SSSR count). The molecule has 8 heteroatoms. The van der Waals surface area contributed by atoms with E-state index >= 15 is 0 Å². The van der Waals surface area contributed by atoms with Crippen LogP contribution in [0.25, 0.3) is 0 Å². The minimum atomic E-state index is -4.73. The van der Waals surface area contributed by atoms with Gasteiger partial charge in [-0.05, 0) is 45.6 Å². The Balaban J connectivity index is 2.13. The molecule has 1 atom stereocenters. The van der Waals surface area contributed by atoms with Crippen molar-refractivity contribution in [2.24, 2.45) is 5.73 Å². The van der Waals surface area contributed by atoms with Crippen LogP contribution >= 0.6 is 27.3 Å². The van der Waals surface area contributed by atoms with Gasteiger partial charge in [-0.15, -0.1) is 24.5 Å². The molecule has 0 radical (unpaired) electrons. The zero-order chi connectivity index (χ0) is 15.5. The molecule has 0 amide bonds. The molecule has 0 saturated carbocycles. The Labute approximate surface area is 131 Å². The molecule has 0 saturated heterocycles. The van der Waals surface area contributed by atoms with Gasteiger partial charge in [-0.25, -0.2) is 0 Å². The SMILES string of the molecule is NCC(Oc1ccc(OC(F)(F)F)c(Br)c1)c1cccs1. The van der Waals surface area contributed by atoms with E-state index in [4.69, 9.17) is 10.5 Å². The second-order valence-electron chi connectivity index (χ2n) is 4.00. The van der Waals surface area contributed by atoms with E-state index in [1.54, 1.807) is 0 Å². The summed E-state index contributed by atoms with van der Waals surface area (Å²) in [5.41, 5.74) is 5.66. The van der Waals surface area contributed by atoms with Gasteiger partial charge < -0.3 is 15.2 Å². The normalized spacial score (nSPS) is 13.0. The van der Waals surface area contributed by atoms with Crippen molar-refractivity contribution in [3.8, 4) is 11.5 Å². The molecule has 1 heterocycles. The number of halogens is 4. The first-order chi connectivity index (χ1) is 9.89. The lowest BCUT2D eigenvalue weighted by atomic mass is 10.2. The van der Waals surface area contributed by atoms with E-state index < -0.39 is 6.36 Å². The summed E-state index contributed by atoms with van der Waals surface area (Å²) in [6, 6.07) is 7.77. The van der Waals surface area contributed by atoms with E-state index in [2.05, 4.69) is 20.7 Å². The summed E-state index contributed by atoms with van der Waals surface area (Å²) < 4.78 is 46.3. The van der Waals surface area contributed by atoms with Crippen molar-refractivity contribution in [3.63, 3.8) is 0 Å². The molecule has 1 unspecified atom stereocenters. The minimum absolute atomic E-state index is 0.152. The summed E-state index contributed by atoms with van der Waals surface area (Å²) in [5.74, 6) is 0.0792. The fraction of sp³-hybridized carbons (Fsp3) is 0.231. The Hall–Kier alpha value is -1.25. The number of benzene rings is 1. The smallest absolute Gasteiger partial charge is 0.484 e. The van der Waals surface area contributed by atoms with Gasteiger partial charge >= 0.3 is 6.36 Å². The predicted octanol–water partition coefficient (Wildman–Crippen LogP) is 4.49. The summed E-state index contributed by atoms with van der Waals surface area (Å²) in [7, 11) is 0. The standard InChI is InChI=1S/C13H11BrF3NO2S/c14-9-6-8(3-4-10(9)20-13(15,16)17)19-11(7-18)12-2-1-5-21-12/h1-6,11H,7,18H2. The zero-order valence-corrected chi connectivity index (χ0v) is 13.0. The van der Waals surface area contributed by atoms with Crippen LogP contribution in [0, 0.1) is 0 Å². The first kappa shape index (κ1) is 16.1. The maximum atomic E-state index is 12.2. The third kappa shape index (κ3) is 4.62. The molecule has 1 aromatic carbocycles. The molecule has 0 aliphatic heterocycles. The minimum Gasteiger partial charge on any atom is -0.484 e. The quantitative estimate of drug-likeness (QED) is 0.829. The molecule has 114 valence electrons. The van der Waals surface area contributed by atoms with E-state index in [0.29, 0.717) is 5.75 Å². The highest BCUT2D eigenvalue weighted by atomic mass is 79.9. The van der Waals surface area contributed by atoms with Crippen LogP contribution < -0.4 is 15.2 Å². The Morgan fingerprint density at radius 1 is 1.29 bits per heavy atom. The molecule has 0 bridgehead atoms. The van der Waals surface area contributed by atoms with Crippen molar-refractivity contribution in [2.75, 3.05) is 6.54 Å². The Kier molecular flexibility index (Phi) is 5.13. The van der Waals surface area contributed by atoms with E-state index in [9.17, 15) is 13.2 Å². The van der Waals surface area contributed by atoms with Gasteiger partial charge in [0.1, 0.15) is 17.6 Å². The lowest BCUT2D eigenvalue weighted by Crippen LogP contribution is -2.18. The Bertz CT molecular complexity index is 590. The fourth-order valence-corrected chi connectivity index (χ4v) is 2.83. The zero-order valence-electron chi connectivity index (χ0n) is 10.6. The number of ether oxygens (including phenoxy) is 2. The van der Waals surface area contributed by atoms with Gasteiger partial charge in [-0.2, -0.15) is 0 Å². The first-order valence-electron chi connectivity index (χ1n) is 5.84. The van der Waals surface area contributed by atoms with Gasteiger partial charge in [0.25, 0.3) is 0 Å². The third-order valence-corrected chi connectivity index (χ3v) is 4.07. The van der Waals surface area contributed by atoms with Crippen LogP contribution in [0.15, 0.2) is 40.2 Å². The number of thiophene rings is 1. The van der Waals surface area contributed by atoms with Crippen LogP contribution in [-0.2, 0) is 0 Å². The maximum absolute atomic E-state index is 12.2. The molecule has 0 fully saturated rings. The van der Waals surface area contributed by atoms with Gasteiger partial charge in [0.05, 0.1) is 4.47 Å². The predicted molar refractivity (Wildman–Crippen MR) is 77.6 cm³/mol. The van der Waals surface area contributed by atoms with Crippen LogP contribution in [0.5, 0.6) is 11.5 Å². The van der Waals surface area contributed by atoms with Crippen LogP contribution in [0.4, 0.5) is 13.2 Å². The molecule has 1 aromatic heterocycles. The van der Waals surface area contributed by atoms with Gasteiger partial charge in [0.15, 0.2) is 0 Å². The second-order valence-corrected chi connectivity index (χ2v) is 5.83. The van der Waals surface area contributed by atoms with Crippen LogP contribution in [0.2, 0.25) is 0 Å². The summed E-state index contributed by atoms with van der Waals surface area (Å²) in [4.78, 5) is 0.948. The van der Waals surface area contributed by atoms with E-state index in [-0.39, 0.29) is 22.9 Å². The van der Waals surface area contributed by atoms with E-state index in [1.807, 2.05) is 17.5 Å². The highest BCUT2D eigenvalue weighted by Crippen LogP contribution is 2.34. The monoisotopic (exact) mass is 381 g/mol. The molecule has 0 spiro atoms. The summed E-state index contributed by atoms with van der Waals surface area (Å²) in [5, 5.41) is 1.90. The number of hydrogen-bond acceptors (Lipinski definition) is 4. The molecule has 21 heavy (non-hydrogen) atoms. The highest BCUT2D eigenvalue weighted by molar-refractivity contribution is 9.10. The van der Waals surface area contributed by atoms with Crippen molar-refractivity contribution in [3.05, 3.63) is 45.1 Å². The summed E-state index contributed by atoms with van der Waals surface area (Å²) >= 11 is 4.53. The molecule has 0 aliphatic carbocycles. The van der Waals surface area contributed by atoms with Gasteiger partial charge in [-0.3, -0.25) is 0 Å². The van der Waals surface area contributed by atoms with Crippen molar-refractivity contribution < 1.29 is 22.6 Å². The van der Waals surface area contributed by atoms with Crippen LogP contribution in [0.3, 0.4) is 0 Å². The molecular weight excluding hydrogens is 371 g/mol. The number of nitrogens with two attached hydrogens (primary N) is 1. The average Bonchev–Trinajstić information content (AvgIpc) is 2.91. The summed E-state index contributed by atoms with van der Waals surface area (Å²) in [6.45, 7) is 0.263. The molecule has 2 N–H and O–H groups in total. The topological polar surface area (TPSA) is 44.5 Å². The molecular formula is C13H11BrF3NO2S. The average molecular weight is 382 g/mol. The van der Waals surface area contributed by atoms with Gasteiger partial charge in [-0.1, -0.05) is 6.07 Å². The van der Waals surface area contributed by atoms with Crippen LogP contribution in [-0.4, -0.2) is 12.9 Å². The molecule has 0 aliphatic rings. The number of alkyl halides is 3. The van der Waals surface area contributed by atoms with Gasteiger partial charge in [0, 0.05) is 11.4 Å². The van der Waals surface area contributed by atoms with Crippen LogP contribution in [0.1, 0.15) is 11.0 Å². The first-order valence-corrected chi connectivity index (χ1v) is 7.52.